The number of hydrogen-bond donors (Lipinski definition) is 1. The summed E-state index contributed by atoms with van der Waals surface area (Å²) < 4.78 is 0. The lowest BCUT2D eigenvalue weighted by molar-refractivity contribution is 0.103. The highest BCUT2D eigenvalue weighted by molar-refractivity contribution is 6.10. The molecule has 2 rings (SSSR count). The van der Waals surface area contributed by atoms with E-state index >= 15 is 0 Å². The minimum Gasteiger partial charge on any atom is -0.399 e. The summed E-state index contributed by atoms with van der Waals surface area (Å²) in [5.74, 6) is 0.0474. The summed E-state index contributed by atoms with van der Waals surface area (Å²) in [5.41, 5.74) is 9.91. The van der Waals surface area contributed by atoms with E-state index in [2.05, 4.69) is 0 Å². The molecule has 86 valence electrons. The molecule has 0 aliphatic heterocycles. The van der Waals surface area contributed by atoms with E-state index in [9.17, 15) is 4.79 Å². The molecule has 2 nitrogen and oxygen atoms in total. The largest absolute Gasteiger partial charge is 0.399 e. The molecular formula is C15H15NO. The van der Waals surface area contributed by atoms with Crippen LogP contribution >= 0.6 is 0 Å². The summed E-state index contributed by atoms with van der Waals surface area (Å²) in [6.07, 6.45) is 0. The topological polar surface area (TPSA) is 43.1 Å². The monoisotopic (exact) mass is 225 g/mol. The summed E-state index contributed by atoms with van der Waals surface area (Å²) in [5, 5.41) is 0. The Bertz CT molecular complexity index is 559. The summed E-state index contributed by atoms with van der Waals surface area (Å²) in [7, 11) is 0. The van der Waals surface area contributed by atoms with Crippen LogP contribution in [0.2, 0.25) is 0 Å². The van der Waals surface area contributed by atoms with Crippen molar-refractivity contribution in [3.05, 3.63) is 64.7 Å². The Labute approximate surface area is 101 Å². The molecule has 2 aromatic carbocycles. The van der Waals surface area contributed by atoms with Crippen molar-refractivity contribution in [3.63, 3.8) is 0 Å². The Morgan fingerprint density at radius 3 is 2.24 bits per heavy atom. The van der Waals surface area contributed by atoms with Gasteiger partial charge in [0, 0.05) is 16.8 Å². The lowest BCUT2D eigenvalue weighted by atomic mass is 9.95. The van der Waals surface area contributed by atoms with Gasteiger partial charge in [-0.2, -0.15) is 0 Å². The molecule has 0 heterocycles. The molecule has 0 saturated carbocycles. The third kappa shape index (κ3) is 2.07. The van der Waals surface area contributed by atoms with Crippen molar-refractivity contribution in [2.45, 2.75) is 13.8 Å². The second-order valence-corrected chi connectivity index (χ2v) is 4.15. The Balaban J connectivity index is 2.49. The Hall–Kier alpha value is -2.09. The summed E-state index contributed by atoms with van der Waals surface area (Å²) in [6, 6.07) is 12.9. The van der Waals surface area contributed by atoms with Crippen molar-refractivity contribution < 1.29 is 4.79 Å². The molecule has 17 heavy (non-hydrogen) atoms. The number of carbonyl (C=O) groups excluding carboxylic acids is 1. The molecule has 0 spiro atoms. The highest BCUT2D eigenvalue weighted by Gasteiger charge is 2.13. The number of hydrogen-bond acceptors (Lipinski definition) is 2. The van der Waals surface area contributed by atoms with E-state index in [1.807, 2.05) is 44.2 Å². The minimum atomic E-state index is 0.0474. The number of benzene rings is 2. The predicted octanol–water partition coefficient (Wildman–Crippen LogP) is 3.12. The van der Waals surface area contributed by atoms with E-state index in [4.69, 9.17) is 5.73 Å². The first-order valence-corrected chi connectivity index (χ1v) is 5.56. The molecule has 0 bridgehead atoms. The number of carbonyl (C=O) groups is 1. The maximum absolute atomic E-state index is 12.3. The van der Waals surface area contributed by atoms with Crippen LogP contribution in [0.15, 0.2) is 42.5 Å². The first kappa shape index (κ1) is 11.4. The van der Waals surface area contributed by atoms with Crippen LogP contribution in [0.4, 0.5) is 5.69 Å². The van der Waals surface area contributed by atoms with Crippen LogP contribution in [0.5, 0.6) is 0 Å². The first-order valence-electron chi connectivity index (χ1n) is 5.56. The van der Waals surface area contributed by atoms with E-state index < -0.39 is 0 Å². The average molecular weight is 225 g/mol. The van der Waals surface area contributed by atoms with Gasteiger partial charge in [0.05, 0.1) is 0 Å². The Kier molecular flexibility index (Phi) is 2.96. The second-order valence-electron chi connectivity index (χ2n) is 4.15. The normalized spacial score (nSPS) is 10.2. The van der Waals surface area contributed by atoms with Crippen LogP contribution in [0.1, 0.15) is 27.0 Å². The predicted molar refractivity (Wildman–Crippen MR) is 70.2 cm³/mol. The molecule has 0 atom stereocenters. The van der Waals surface area contributed by atoms with Gasteiger partial charge in [-0.3, -0.25) is 4.79 Å². The van der Waals surface area contributed by atoms with Crippen molar-refractivity contribution in [1.82, 2.24) is 0 Å². The van der Waals surface area contributed by atoms with Crippen molar-refractivity contribution in [3.8, 4) is 0 Å². The van der Waals surface area contributed by atoms with Crippen LogP contribution < -0.4 is 5.73 Å². The maximum Gasteiger partial charge on any atom is 0.193 e. The quantitative estimate of drug-likeness (QED) is 0.630. The van der Waals surface area contributed by atoms with Gasteiger partial charge < -0.3 is 5.73 Å². The van der Waals surface area contributed by atoms with Gasteiger partial charge in [0.2, 0.25) is 0 Å². The third-order valence-corrected chi connectivity index (χ3v) is 3.11. The fraction of sp³-hybridized carbons (Fsp3) is 0.133. The molecule has 0 unspecified atom stereocenters. The van der Waals surface area contributed by atoms with Crippen LogP contribution in [0.25, 0.3) is 0 Å². The van der Waals surface area contributed by atoms with E-state index in [-0.39, 0.29) is 5.78 Å². The van der Waals surface area contributed by atoms with E-state index in [0.29, 0.717) is 5.56 Å². The Morgan fingerprint density at radius 1 is 0.941 bits per heavy atom. The number of anilines is 1. The second kappa shape index (κ2) is 4.42. The van der Waals surface area contributed by atoms with Gasteiger partial charge in [-0.25, -0.2) is 0 Å². The van der Waals surface area contributed by atoms with E-state index in [1.165, 1.54) is 0 Å². The Morgan fingerprint density at radius 2 is 1.59 bits per heavy atom. The molecule has 0 radical (unpaired) electrons. The van der Waals surface area contributed by atoms with Gasteiger partial charge in [-0.15, -0.1) is 0 Å². The number of rotatable bonds is 2. The van der Waals surface area contributed by atoms with E-state index in [1.54, 1.807) is 12.1 Å². The van der Waals surface area contributed by atoms with Gasteiger partial charge in [0.15, 0.2) is 5.78 Å². The van der Waals surface area contributed by atoms with Gasteiger partial charge in [-0.1, -0.05) is 30.3 Å². The third-order valence-electron chi connectivity index (χ3n) is 3.11. The van der Waals surface area contributed by atoms with Gasteiger partial charge in [0.1, 0.15) is 0 Å². The highest BCUT2D eigenvalue weighted by Crippen LogP contribution is 2.21. The molecule has 0 aromatic heterocycles. The van der Waals surface area contributed by atoms with Crippen molar-refractivity contribution in [1.29, 1.82) is 0 Å². The molecule has 0 aliphatic carbocycles. The molecule has 2 aromatic rings. The van der Waals surface area contributed by atoms with Crippen LogP contribution in [-0.2, 0) is 0 Å². The molecule has 0 saturated heterocycles. The molecule has 0 aliphatic rings. The molecule has 2 N–H and O–H groups in total. The molecule has 0 amide bonds. The van der Waals surface area contributed by atoms with Gasteiger partial charge >= 0.3 is 0 Å². The standard InChI is InChI=1S/C15H15NO/c1-10-11(2)14(16)9-8-13(10)15(17)12-6-4-3-5-7-12/h3-9H,16H2,1-2H3. The zero-order valence-corrected chi connectivity index (χ0v) is 10.0. The van der Waals surface area contributed by atoms with Gasteiger partial charge in [-0.05, 0) is 37.1 Å². The van der Waals surface area contributed by atoms with E-state index in [0.717, 1.165) is 22.4 Å². The lowest BCUT2D eigenvalue weighted by Gasteiger charge is -2.10. The molecule has 0 fully saturated rings. The van der Waals surface area contributed by atoms with Crippen LogP contribution in [-0.4, -0.2) is 5.78 Å². The number of nitrogen functional groups attached to an aromatic ring is 1. The SMILES string of the molecule is Cc1c(N)ccc(C(=O)c2ccccc2)c1C. The molecular weight excluding hydrogens is 210 g/mol. The molecule has 2 heteroatoms. The number of ketones is 1. The first-order chi connectivity index (χ1) is 8.11. The number of nitrogens with two attached hydrogens (primary N) is 1. The average Bonchev–Trinajstić information content (AvgIpc) is 2.36. The lowest BCUT2D eigenvalue weighted by Crippen LogP contribution is -2.06. The van der Waals surface area contributed by atoms with Crippen molar-refractivity contribution >= 4 is 11.5 Å². The van der Waals surface area contributed by atoms with Crippen molar-refractivity contribution in [2.24, 2.45) is 0 Å². The summed E-state index contributed by atoms with van der Waals surface area (Å²) in [4.78, 5) is 12.3. The van der Waals surface area contributed by atoms with Gasteiger partial charge in [0.25, 0.3) is 0 Å². The fourth-order valence-electron chi connectivity index (χ4n) is 1.83. The zero-order valence-electron chi connectivity index (χ0n) is 10.0. The van der Waals surface area contributed by atoms with Crippen molar-refractivity contribution in [2.75, 3.05) is 5.73 Å². The van der Waals surface area contributed by atoms with Crippen LogP contribution in [0.3, 0.4) is 0 Å². The zero-order chi connectivity index (χ0) is 12.4. The summed E-state index contributed by atoms with van der Waals surface area (Å²) in [6.45, 7) is 3.87. The minimum absolute atomic E-state index is 0.0474. The highest BCUT2D eigenvalue weighted by atomic mass is 16.1. The maximum atomic E-state index is 12.3. The smallest absolute Gasteiger partial charge is 0.193 e. The van der Waals surface area contributed by atoms with Crippen LogP contribution in [0, 0.1) is 13.8 Å². The fourth-order valence-corrected chi connectivity index (χ4v) is 1.83. The summed E-state index contributed by atoms with van der Waals surface area (Å²) >= 11 is 0.